The second kappa shape index (κ2) is 15.9. The molecule has 12 heteroatoms. The minimum absolute atomic E-state index is 0.127. The molecule has 3 amide bonds. The van der Waals surface area contributed by atoms with Crippen LogP contribution in [0.25, 0.3) is 0 Å². The fourth-order valence-electron chi connectivity index (χ4n) is 7.25. The van der Waals surface area contributed by atoms with Crippen LogP contribution in [0, 0.1) is 5.92 Å². The molecular weight excluding hydrogens is 655 g/mol. The van der Waals surface area contributed by atoms with Crippen LogP contribution >= 0.6 is 11.3 Å². The fourth-order valence-corrected chi connectivity index (χ4v) is 8.18. The maximum absolute atomic E-state index is 14.6. The Hall–Kier alpha value is -4.03. The Morgan fingerprint density at radius 3 is 2.22 bits per heavy atom. The van der Waals surface area contributed by atoms with Gasteiger partial charge in [-0.25, -0.2) is 9.78 Å². The molecule has 11 nitrogen and oxygen atoms in total. The van der Waals surface area contributed by atoms with Crippen molar-refractivity contribution in [3.05, 3.63) is 71.2 Å². The summed E-state index contributed by atoms with van der Waals surface area (Å²) in [5.41, 5.74) is -0.247. The zero-order valence-corrected chi connectivity index (χ0v) is 31.3. The fraction of sp³-hybridized carbons (Fsp3) is 0.553. The summed E-state index contributed by atoms with van der Waals surface area (Å²) in [5.74, 6) is -1.42. The van der Waals surface area contributed by atoms with Gasteiger partial charge < -0.3 is 25.0 Å². The number of ether oxygens (including phenoxy) is 1. The Morgan fingerprint density at radius 1 is 1.04 bits per heavy atom. The lowest BCUT2D eigenvalue weighted by atomic mass is 9.87. The van der Waals surface area contributed by atoms with Crippen LogP contribution in [0.1, 0.15) is 94.3 Å². The number of phenolic OH excluding ortho intramolecular Hbond substituents is 1. The number of amides is 3. The highest BCUT2D eigenvalue weighted by molar-refractivity contribution is 7.09. The van der Waals surface area contributed by atoms with Crippen LogP contribution in [0.2, 0.25) is 0 Å². The average Bonchev–Trinajstić information content (AvgIpc) is 3.87. The first-order valence-electron chi connectivity index (χ1n) is 17.4. The molecule has 2 fully saturated rings. The van der Waals surface area contributed by atoms with Crippen molar-refractivity contribution in [2.75, 3.05) is 20.2 Å². The minimum atomic E-state index is -0.880. The SMILES string of the molecule is C=CC(C)(C)N(C(Cc1ccc(O)cc1)C(=O)NC(C(=O)N1CCCC1C(=O)N1CCCC1c1nc(C(=O)OC)cs1)C(C)C)C(C)(C)C=C. The maximum Gasteiger partial charge on any atom is 0.357 e. The first kappa shape index (κ1) is 38.8. The van der Waals surface area contributed by atoms with Crippen molar-refractivity contribution in [1.82, 2.24) is 25.0 Å². The first-order valence-corrected chi connectivity index (χ1v) is 18.2. The van der Waals surface area contributed by atoms with Crippen LogP contribution in [0.3, 0.4) is 0 Å². The molecule has 272 valence electrons. The van der Waals surface area contributed by atoms with Gasteiger partial charge >= 0.3 is 5.97 Å². The number of rotatable bonds is 14. The van der Waals surface area contributed by atoms with Gasteiger partial charge in [-0.15, -0.1) is 24.5 Å². The van der Waals surface area contributed by atoms with Gasteiger partial charge in [-0.05, 0) is 83.4 Å². The molecule has 4 atom stereocenters. The second-order valence-corrected chi connectivity index (χ2v) is 15.5. The lowest BCUT2D eigenvalue weighted by molar-refractivity contribution is -0.147. The van der Waals surface area contributed by atoms with E-state index in [0.29, 0.717) is 43.8 Å². The summed E-state index contributed by atoms with van der Waals surface area (Å²) in [6, 6.07) is 4.19. The van der Waals surface area contributed by atoms with Gasteiger partial charge in [-0.3, -0.25) is 19.3 Å². The lowest BCUT2D eigenvalue weighted by Crippen LogP contribution is -2.65. The molecular formula is C38H53N5O6S. The van der Waals surface area contributed by atoms with E-state index < -0.39 is 35.2 Å². The van der Waals surface area contributed by atoms with E-state index in [0.717, 1.165) is 12.0 Å². The number of hydrogen-bond donors (Lipinski definition) is 2. The highest BCUT2D eigenvalue weighted by Gasteiger charge is 2.46. The maximum atomic E-state index is 14.6. The van der Waals surface area contributed by atoms with Crippen molar-refractivity contribution >= 4 is 35.0 Å². The third-order valence-corrected chi connectivity index (χ3v) is 11.0. The molecule has 4 unspecified atom stereocenters. The third kappa shape index (κ3) is 8.29. The summed E-state index contributed by atoms with van der Waals surface area (Å²) in [5, 5.41) is 15.3. The summed E-state index contributed by atoms with van der Waals surface area (Å²) in [7, 11) is 1.31. The van der Waals surface area contributed by atoms with Crippen molar-refractivity contribution in [3.8, 4) is 5.75 Å². The predicted molar refractivity (Wildman–Crippen MR) is 195 cm³/mol. The van der Waals surface area contributed by atoms with Crippen molar-refractivity contribution < 1.29 is 29.0 Å². The second-order valence-electron chi connectivity index (χ2n) is 14.6. The van der Waals surface area contributed by atoms with E-state index in [1.165, 1.54) is 18.4 Å². The molecule has 50 heavy (non-hydrogen) atoms. The number of carbonyl (C=O) groups is 4. The number of nitrogens with one attached hydrogen (secondary N) is 1. The number of phenols is 1. The quantitative estimate of drug-likeness (QED) is 0.201. The van der Waals surface area contributed by atoms with Gasteiger partial charge in [0, 0.05) is 29.5 Å². The third-order valence-electron chi connectivity index (χ3n) is 10.0. The van der Waals surface area contributed by atoms with E-state index >= 15 is 0 Å². The molecule has 3 heterocycles. The Bertz CT molecular complexity index is 1550. The minimum Gasteiger partial charge on any atom is -0.508 e. The largest absolute Gasteiger partial charge is 0.508 e. The normalized spacial score (nSPS) is 19.4. The predicted octanol–water partition coefficient (Wildman–Crippen LogP) is 5.27. The van der Waals surface area contributed by atoms with Crippen LogP contribution in [0.5, 0.6) is 5.75 Å². The molecule has 0 radical (unpaired) electrons. The highest BCUT2D eigenvalue weighted by Crippen LogP contribution is 2.36. The van der Waals surface area contributed by atoms with Crippen LogP contribution < -0.4 is 5.32 Å². The van der Waals surface area contributed by atoms with E-state index in [2.05, 4.69) is 28.4 Å². The van der Waals surface area contributed by atoms with Crippen molar-refractivity contribution in [3.63, 3.8) is 0 Å². The van der Waals surface area contributed by atoms with Gasteiger partial charge in [0.2, 0.25) is 17.7 Å². The number of carbonyl (C=O) groups excluding carboxylic acids is 4. The van der Waals surface area contributed by atoms with E-state index in [9.17, 15) is 24.3 Å². The Balaban J connectivity index is 1.61. The average molecular weight is 708 g/mol. The summed E-state index contributed by atoms with van der Waals surface area (Å²) in [4.78, 5) is 65.1. The first-order chi connectivity index (χ1) is 23.6. The molecule has 0 bridgehead atoms. The van der Waals surface area contributed by atoms with E-state index in [1.54, 1.807) is 51.6 Å². The lowest BCUT2D eigenvalue weighted by Gasteiger charge is -2.50. The number of methoxy groups -OCH3 is 1. The van der Waals surface area contributed by atoms with E-state index in [4.69, 9.17) is 4.74 Å². The molecule has 1 aromatic heterocycles. The molecule has 0 saturated carbocycles. The van der Waals surface area contributed by atoms with Gasteiger partial charge in [0.1, 0.15) is 22.8 Å². The molecule has 2 aliphatic heterocycles. The molecule has 2 aliphatic rings. The van der Waals surface area contributed by atoms with Crippen molar-refractivity contribution in [2.24, 2.45) is 5.92 Å². The molecule has 2 N–H and O–H groups in total. The molecule has 0 aliphatic carbocycles. The van der Waals surface area contributed by atoms with Gasteiger partial charge in [0.15, 0.2) is 5.69 Å². The summed E-state index contributed by atoms with van der Waals surface area (Å²) in [6.07, 6.45) is 6.60. The van der Waals surface area contributed by atoms with Crippen molar-refractivity contribution in [2.45, 2.75) is 109 Å². The van der Waals surface area contributed by atoms with Gasteiger partial charge in [-0.1, -0.05) is 38.1 Å². The summed E-state index contributed by atoms with van der Waals surface area (Å²) < 4.78 is 4.81. The summed E-state index contributed by atoms with van der Waals surface area (Å²) >= 11 is 1.33. The number of likely N-dealkylation sites (tertiary alicyclic amines) is 2. The molecule has 0 spiro atoms. The standard InChI is InChI=1S/C38H53N5O6S/c1-10-37(5,6)43(38(7,8)11-2)30(22-25-16-18-26(44)19-17-25)32(45)40-31(24(3)4)35(47)42-21-13-15-29(42)34(46)41-20-12-14-28(41)33-39-27(23-50-33)36(48)49-9/h10-11,16-19,23-24,28-31,44H,1-2,12-15,20-22H2,3-9H3,(H,40,45). The number of aromatic nitrogens is 1. The van der Waals surface area contributed by atoms with Crippen LogP contribution in [0.4, 0.5) is 0 Å². The monoisotopic (exact) mass is 707 g/mol. The summed E-state index contributed by atoms with van der Waals surface area (Å²) in [6.45, 7) is 20.8. The zero-order chi connectivity index (χ0) is 37.0. The number of hydrogen-bond acceptors (Lipinski definition) is 9. The smallest absolute Gasteiger partial charge is 0.357 e. The number of aromatic hydroxyl groups is 1. The number of benzene rings is 1. The number of nitrogens with zero attached hydrogens (tertiary/aromatic N) is 4. The Kier molecular flexibility index (Phi) is 12.3. The van der Waals surface area contributed by atoms with Crippen LogP contribution in [-0.4, -0.2) is 97.9 Å². The number of esters is 1. The molecule has 4 rings (SSSR count). The molecule has 2 saturated heterocycles. The Labute approximate surface area is 300 Å². The van der Waals surface area contributed by atoms with E-state index in [1.807, 2.05) is 41.5 Å². The molecule has 2 aromatic rings. The van der Waals surface area contributed by atoms with Crippen LogP contribution in [-0.2, 0) is 25.5 Å². The zero-order valence-electron chi connectivity index (χ0n) is 30.5. The topological polar surface area (TPSA) is 132 Å². The van der Waals surface area contributed by atoms with Gasteiger partial charge in [-0.2, -0.15) is 0 Å². The number of thiazole rings is 1. The van der Waals surface area contributed by atoms with E-state index in [-0.39, 0.29) is 41.1 Å². The van der Waals surface area contributed by atoms with Crippen LogP contribution in [0.15, 0.2) is 55.0 Å². The van der Waals surface area contributed by atoms with Crippen molar-refractivity contribution in [1.29, 1.82) is 0 Å². The van der Waals surface area contributed by atoms with Gasteiger partial charge in [0.25, 0.3) is 0 Å². The highest BCUT2D eigenvalue weighted by atomic mass is 32.1. The van der Waals surface area contributed by atoms with Gasteiger partial charge in [0.05, 0.1) is 19.2 Å². The molecule has 1 aromatic carbocycles. The Morgan fingerprint density at radius 2 is 1.64 bits per heavy atom.